The van der Waals surface area contributed by atoms with Gasteiger partial charge in [0.25, 0.3) is 5.56 Å². The second-order valence-corrected chi connectivity index (χ2v) is 9.67. The van der Waals surface area contributed by atoms with Gasteiger partial charge in [-0.05, 0) is 71.2 Å². The van der Waals surface area contributed by atoms with Crippen LogP contribution in [0.5, 0.6) is 17.2 Å². The highest BCUT2D eigenvalue weighted by atomic mass is 79.9. The van der Waals surface area contributed by atoms with E-state index < -0.39 is 12.0 Å². The van der Waals surface area contributed by atoms with E-state index in [1.165, 1.54) is 23.0 Å². The third-order valence-electron chi connectivity index (χ3n) is 5.71. The van der Waals surface area contributed by atoms with Crippen LogP contribution < -0.4 is 29.1 Å². The van der Waals surface area contributed by atoms with Gasteiger partial charge in [0.05, 0.1) is 54.3 Å². The molecule has 36 heavy (non-hydrogen) atoms. The highest BCUT2D eigenvalue weighted by molar-refractivity contribution is 9.10. The van der Waals surface area contributed by atoms with E-state index in [-0.39, 0.29) is 12.2 Å². The quantitative estimate of drug-likeness (QED) is 0.402. The van der Waals surface area contributed by atoms with Gasteiger partial charge in [-0.3, -0.25) is 9.36 Å². The van der Waals surface area contributed by atoms with Crippen LogP contribution in [0.15, 0.2) is 61.9 Å². The van der Waals surface area contributed by atoms with Crippen molar-refractivity contribution in [1.82, 2.24) is 4.57 Å². The topological polar surface area (TPSA) is 88.4 Å². The largest absolute Gasteiger partial charge is 0.496 e. The Morgan fingerprint density at radius 3 is 2.42 bits per heavy atom. The molecule has 4 rings (SSSR count). The van der Waals surface area contributed by atoms with Gasteiger partial charge in [-0.15, -0.1) is 0 Å². The van der Waals surface area contributed by atoms with Crippen molar-refractivity contribution in [3.05, 3.63) is 83.0 Å². The highest BCUT2D eigenvalue weighted by Gasteiger charge is 2.33. The van der Waals surface area contributed by atoms with E-state index >= 15 is 0 Å². The maximum atomic E-state index is 13.7. The molecule has 188 valence electrons. The molecule has 10 heteroatoms. The van der Waals surface area contributed by atoms with Crippen LogP contribution in [0.1, 0.15) is 31.0 Å². The summed E-state index contributed by atoms with van der Waals surface area (Å²) in [4.78, 5) is 31.9. The van der Waals surface area contributed by atoms with Crippen molar-refractivity contribution >= 4 is 39.3 Å². The minimum absolute atomic E-state index is 0.199. The molecule has 0 aliphatic carbocycles. The summed E-state index contributed by atoms with van der Waals surface area (Å²) in [6.45, 7) is 3.68. The van der Waals surface area contributed by atoms with Crippen LogP contribution in [-0.2, 0) is 9.53 Å². The molecule has 0 saturated carbocycles. The lowest BCUT2D eigenvalue weighted by molar-refractivity contribution is -0.139. The van der Waals surface area contributed by atoms with Crippen molar-refractivity contribution in [2.24, 2.45) is 4.99 Å². The number of fused-ring (bicyclic) bond motifs is 1. The van der Waals surface area contributed by atoms with E-state index in [0.717, 1.165) is 10.0 Å². The first kappa shape index (κ1) is 25.7. The van der Waals surface area contributed by atoms with Gasteiger partial charge >= 0.3 is 5.97 Å². The number of hydrogen-bond donors (Lipinski definition) is 0. The molecule has 2 heterocycles. The van der Waals surface area contributed by atoms with Gasteiger partial charge < -0.3 is 18.9 Å². The number of rotatable bonds is 7. The zero-order valence-corrected chi connectivity index (χ0v) is 22.9. The molecule has 0 unspecified atom stereocenters. The standard InChI is InChI=1S/C26H25BrN2O6S/c1-6-35-25(31)22-14(2)28-26-29(23(22)16-8-10-19(33-4)20(13-16)34-5)24(30)21(36-26)12-15-7-9-18(32-3)17(27)11-15/h7-13,23H,6H2,1-5H3/b21-12-/t23-/m0/s1. The SMILES string of the molecule is CCOC(=O)C1=C(C)N=c2s/c(=C\c3ccc(OC)c(Br)c3)c(=O)n2[C@H]1c1ccc(OC)c(OC)c1. The summed E-state index contributed by atoms with van der Waals surface area (Å²) in [6, 6.07) is 10.1. The molecule has 8 nitrogen and oxygen atoms in total. The molecule has 1 aliphatic heterocycles. The molecular weight excluding hydrogens is 548 g/mol. The van der Waals surface area contributed by atoms with E-state index in [4.69, 9.17) is 18.9 Å². The number of carbonyl (C=O) groups is 1. The predicted octanol–water partition coefficient (Wildman–Crippen LogP) is 3.59. The zero-order valence-electron chi connectivity index (χ0n) is 20.5. The fourth-order valence-electron chi connectivity index (χ4n) is 4.05. The number of esters is 1. The van der Waals surface area contributed by atoms with E-state index in [9.17, 15) is 9.59 Å². The van der Waals surface area contributed by atoms with Gasteiger partial charge in [-0.1, -0.05) is 23.5 Å². The molecule has 0 N–H and O–H groups in total. The summed E-state index contributed by atoms with van der Waals surface area (Å²) in [5.74, 6) is 1.19. The minimum atomic E-state index is -0.746. The second-order valence-electron chi connectivity index (χ2n) is 7.81. The summed E-state index contributed by atoms with van der Waals surface area (Å²) in [5, 5.41) is 0. The number of benzene rings is 2. The Morgan fingerprint density at radius 1 is 1.08 bits per heavy atom. The Morgan fingerprint density at radius 2 is 1.78 bits per heavy atom. The third kappa shape index (κ3) is 4.70. The Kier molecular flexibility index (Phi) is 7.65. The van der Waals surface area contributed by atoms with Gasteiger partial charge in [0, 0.05) is 0 Å². The average molecular weight is 573 g/mol. The second kappa shape index (κ2) is 10.7. The Labute approximate surface area is 220 Å². The molecule has 0 spiro atoms. The molecule has 0 fully saturated rings. The lowest BCUT2D eigenvalue weighted by Gasteiger charge is -2.25. The Hall–Kier alpha value is -3.37. The maximum Gasteiger partial charge on any atom is 0.338 e. The van der Waals surface area contributed by atoms with Crippen LogP contribution in [0.4, 0.5) is 0 Å². The number of hydrogen-bond acceptors (Lipinski definition) is 8. The summed E-state index contributed by atoms with van der Waals surface area (Å²) in [6.07, 6.45) is 1.79. The smallest absolute Gasteiger partial charge is 0.338 e. The normalized spacial score (nSPS) is 15.3. The predicted molar refractivity (Wildman–Crippen MR) is 141 cm³/mol. The number of halogens is 1. The lowest BCUT2D eigenvalue weighted by Crippen LogP contribution is -2.39. The minimum Gasteiger partial charge on any atom is -0.496 e. The van der Waals surface area contributed by atoms with Gasteiger partial charge in [-0.2, -0.15) is 0 Å². The summed E-state index contributed by atoms with van der Waals surface area (Å²) >= 11 is 4.74. The van der Waals surface area contributed by atoms with Crippen molar-refractivity contribution in [3.63, 3.8) is 0 Å². The number of allylic oxidation sites excluding steroid dienone is 1. The number of ether oxygens (including phenoxy) is 4. The molecule has 2 aromatic carbocycles. The maximum absolute atomic E-state index is 13.7. The molecule has 3 aromatic rings. The number of nitrogens with zero attached hydrogens (tertiary/aromatic N) is 2. The highest BCUT2D eigenvalue weighted by Crippen LogP contribution is 2.36. The van der Waals surface area contributed by atoms with Gasteiger partial charge in [-0.25, -0.2) is 9.79 Å². The van der Waals surface area contributed by atoms with E-state index in [0.29, 0.717) is 43.4 Å². The van der Waals surface area contributed by atoms with Gasteiger partial charge in [0.15, 0.2) is 16.3 Å². The summed E-state index contributed by atoms with van der Waals surface area (Å²) in [5.41, 5.74) is 2.02. The Bertz CT molecular complexity index is 1540. The fraction of sp³-hybridized carbons (Fsp3) is 0.269. The molecule has 0 saturated heterocycles. The van der Waals surface area contributed by atoms with E-state index in [1.807, 2.05) is 24.3 Å². The molecule has 1 aromatic heterocycles. The van der Waals surface area contributed by atoms with Gasteiger partial charge in [0.1, 0.15) is 5.75 Å². The van der Waals surface area contributed by atoms with Crippen LogP contribution >= 0.6 is 27.3 Å². The lowest BCUT2D eigenvalue weighted by atomic mass is 9.95. The number of methoxy groups -OCH3 is 3. The number of carbonyl (C=O) groups excluding carboxylic acids is 1. The van der Waals surface area contributed by atoms with Crippen molar-refractivity contribution in [2.45, 2.75) is 19.9 Å². The van der Waals surface area contributed by atoms with Crippen molar-refractivity contribution in [2.75, 3.05) is 27.9 Å². The summed E-state index contributed by atoms with van der Waals surface area (Å²) in [7, 11) is 4.68. The third-order valence-corrected chi connectivity index (χ3v) is 7.32. The molecule has 0 bridgehead atoms. The first-order chi connectivity index (χ1) is 17.3. The van der Waals surface area contributed by atoms with Crippen LogP contribution in [0.3, 0.4) is 0 Å². The van der Waals surface area contributed by atoms with Crippen molar-refractivity contribution in [3.8, 4) is 17.2 Å². The first-order valence-corrected chi connectivity index (χ1v) is 12.7. The molecule has 0 amide bonds. The fourth-order valence-corrected chi connectivity index (χ4v) is 5.66. The van der Waals surface area contributed by atoms with Crippen LogP contribution in [-0.4, -0.2) is 38.5 Å². The monoisotopic (exact) mass is 572 g/mol. The van der Waals surface area contributed by atoms with Crippen molar-refractivity contribution in [1.29, 1.82) is 0 Å². The van der Waals surface area contributed by atoms with Crippen molar-refractivity contribution < 1.29 is 23.7 Å². The number of thiazole rings is 1. The molecule has 1 atom stereocenters. The number of aromatic nitrogens is 1. The summed E-state index contributed by atoms with van der Waals surface area (Å²) < 4.78 is 24.3. The average Bonchev–Trinajstić information content (AvgIpc) is 3.17. The van der Waals surface area contributed by atoms with E-state index in [1.54, 1.807) is 46.3 Å². The van der Waals surface area contributed by atoms with Crippen LogP contribution in [0.2, 0.25) is 0 Å². The van der Waals surface area contributed by atoms with E-state index in [2.05, 4.69) is 20.9 Å². The van der Waals surface area contributed by atoms with Gasteiger partial charge in [0.2, 0.25) is 0 Å². The Balaban J connectivity index is 1.95. The molecular formula is C26H25BrN2O6S. The van der Waals surface area contributed by atoms with Crippen LogP contribution in [0, 0.1) is 0 Å². The zero-order chi connectivity index (χ0) is 26.0. The van der Waals surface area contributed by atoms with Crippen LogP contribution in [0.25, 0.3) is 6.08 Å². The molecule has 0 radical (unpaired) electrons. The first-order valence-electron chi connectivity index (χ1n) is 11.1. The molecule has 1 aliphatic rings.